The number of nitrogens with one attached hydrogen (secondary N) is 1. The number of benzene rings is 3. The molecule has 0 atom stereocenters. The molecule has 1 saturated heterocycles. The Hall–Kier alpha value is -2.36. The molecule has 3 aromatic carbocycles. The molecule has 4 rings (SSSR count). The van der Waals surface area contributed by atoms with E-state index in [0.29, 0.717) is 28.6 Å². The minimum absolute atomic E-state index is 0.155. The van der Waals surface area contributed by atoms with Crippen molar-refractivity contribution >= 4 is 73.8 Å². The highest BCUT2D eigenvalue weighted by molar-refractivity contribution is 14.1. The molecule has 1 fully saturated rings. The Morgan fingerprint density at radius 1 is 1.06 bits per heavy atom. The summed E-state index contributed by atoms with van der Waals surface area (Å²) in [6.07, 6.45) is 1.61. The highest BCUT2D eigenvalue weighted by Crippen LogP contribution is 2.29. The van der Waals surface area contributed by atoms with Crippen LogP contribution in [0.2, 0.25) is 5.02 Å². The number of carbonyl (C=O) groups excluding carboxylic acids is 2. The molecule has 0 aliphatic carbocycles. The van der Waals surface area contributed by atoms with Crippen molar-refractivity contribution in [1.82, 2.24) is 5.32 Å². The van der Waals surface area contributed by atoms with Crippen LogP contribution in [0.5, 0.6) is 5.75 Å². The van der Waals surface area contributed by atoms with Crippen LogP contribution in [0.3, 0.4) is 0 Å². The van der Waals surface area contributed by atoms with Gasteiger partial charge in [-0.15, -0.1) is 0 Å². The molecule has 0 spiro atoms. The summed E-state index contributed by atoms with van der Waals surface area (Å²) in [5, 5.41) is 3.07. The molecule has 0 aromatic heterocycles. The number of halogens is 3. The van der Waals surface area contributed by atoms with Crippen LogP contribution < -0.4 is 15.0 Å². The average molecular weight is 610 g/mol. The van der Waals surface area contributed by atoms with E-state index >= 15 is 0 Å². The second-order valence-electron chi connectivity index (χ2n) is 6.71. The third kappa shape index (κ3) is 5.11. The van der Waals surface area contributed by atoms with E-state index in [9.17, 15) is 9.59 Å². The van der Waals surface area contributed by atoms with Gasteiger partial charge >= 0.3 is 6.03 Å². The van der Waals surface area contributed by atoms with Crippen molar-refractivity contribution < 1.29 is 14.3 Å². The molecule has 1 aliphatic heterocycles. The summed E-state index contributed by atoms with van der Waals surface area (Å²) in [6, 6.07) is 19.6. The van der Waals surface area contributed by atoms with E-state index in [1.807, 2.05) is 42.5 Å². The van der Waals surface area contributed by atoms with Crippen molar-refractivity contribution in [3.8, 4) is 5.75 Å². The summed E-state index contributed by atoms with van der Waals surface area (Å²) in [5.41, 5.74) is 2.25. The van der Waals surface area contributed by atoms with Crippen LogP contribution in [0, 0.1) is 3.57 Å². The third-order valence-corrected chi connectivity index (χ3v) is 5.97. The second-order valence-corrected chi connectivity index (χ2v) is 9.30. The van der Waals surface area contributed by atoms with Gasteiger partial charge in [-0.2, -0.15) is 0 Å². The number of anilines is 1. The van der Waals surface area contributed by atoms with E-state index in [2.05, 4.69) is 43.8 Å². The zero-order valence-corrected chi connectivity index (χ0v) is 20.4. The molecular weight excluding hydrogens is 595 g/mol. The van der Waals surface area contributed by atoms with Gasteiger partial charge in [0.25, 0.3) is 5.91 Å². The number of imide groups is 1. The predicted molar refractivity (Wildman–Crippen MR) is 133 cm³/mol. The Balaban J connectivity index is 1.60. The lowest BCUT2D eigenvalue weighted by molar-refractivity contribution is -0.113. The number of rotatable bonds is 5. The Morgan fingerprint density at radius 3 is 2.58 bits per heavy atom. The number of hydrogen-bond donors (Lipinski definition) is 1. The lowest BCUT2D eigenvalue weighted by atomic mass is 10.1. The fraction of sp³-hybridized carbons (Fsp3) is 0.0435. The molecule has 0 radical (unpaired) electrons. The normalized spacial score (nSPS) is 14.8. The molecule has 0 unspecified atom stereocenters. The monoisotopic (exact) mass is 608 g/mol. The molecule has 156 valence electrons. The number of ether oxygens (including phenoxy) is 1. The minimum atomic E-state index is -0.533. The first-order chi connectivity index (χ1) is 14.9. The lowest BCUT2D eigenvalue weighted by Gasteiger charge is -2.12. The van der Waals surface area contributed by atoms with Gasteiger partial charge in [0.1, 0.15) is 18.1 Å². The van der Waals surface area contributed by atoms with Crippen LogP contribution in [0.25, 0.3) is 6.08 Å². The van der Waals surface area contributed by atoms with Gasteiger partial charge in [0.05, 0.1) is 5.69 Å². The van der Waals surface area contributed by atoms with Gasteiger partial charge < -0.3 is 10.1 Å². The van der Waals surface area contributed by atoms with Gasteiger partial charge in [0.15, 0.2) is 0 Å². The first-order valence-corrected chi connectivity index (χ1v) is 11.5. The minimum Gasteiger partial charge on any atom is -0.488 e. The van der Waals surface area contributed by atoms with E-state index in [-0.39, 0.29) is 5.70 Å². The highest BCUT2D eigenvalue weighted by Gasteiger charge is 2.35. The van der Waals surface area contributed by atoms with E-state index in [4.69, 9.17) is 16.3 Å². The lowest BCUT2D eigenvalue weighted by Crippen LogP contribution is -2.30. The summed E-state index contributed by atoms with van der Waals surface area (Å²) in [4.78, 5) is 26.4. The molecule has 3 amide bonds. The maximum Gasteiger partial charge on any atom is 0.333 e. The Morgan fingerprint density at radius 2 is 1.84 bits per heavy atom. The van der Waals surface area contributed by atoms with Crippen LogP contribution >= 0.6 is 50.1 Å². The van der Waals surface area contributed by atoms with Gasteiger partial charge in [-0.1, -0.05) is 45.7 Å². The first kappa shape index (κ1) is 21.9. The van der Waals surface area contributed by atoms with Gasteiger partial charge in [-0.3, -0.25) is 4.79 Å². The molecular formula is C23H15BrClIN2O3. The number of hydrogen-bond acceptors (Lipinski definition) is 3. The van der Waals surface area contributed by atoms with Gasteiger partial charge in [0, 0.05) is 18.6 Å². The van der Waals surface area contributed by atoms with Crippen LogP contribution in [0.4, 0.5) is 10.5 Å². The van der Waals surface area contributed by atoms with Crippen molar-refractivity contribution in [1.29, 1.82) is 0 Å². The number of urea groups is 1. The van der Waals surface area contributed by atoms with E-state index in [0.717, 1.165) is 18.5 Å². The van der Waals surface area contributed by atoms with E-state index in [1.54, 1.807) is 30.3 Å². The molecule has 0 bridgehead atoms. The van der Waals surface area contributed by atoms with Gasteiger partial charge in [0.2, 0.25) is 0 Å². The number of carbonyl (C=O) groups is 2. The standard InChI is InChI=1S/C23H15BrClIN2O3/c24-16-6-9-21(31-13-14-4-7-18(26)8-5-14)15(10-16)11-20-22(29)28(23(30)27-20)19-3-1-2-17(25)12-19/h1-12H,13H2,(H,27,30)/b20-11+. The van der Waals surface area contributed by atoms with Crippen molar-refractivity contribution in [3.63, 3.8) is 0 Å². The van der Waals surface area contributed by atoms with E-state index < -0.39 is 11.9 Å². The number of nitrogens with zero attached hydrogens (tertiary/aromatic N) is 1. The molecule has 1 heterocycles. The first-order valence-electron chi connectivity index (χ1n) is 9.20. The molecule has 3 aromatic rings. The fourth-order valence-corrected chi connectivity index (χ4v) is 3.97. The van der Waals surface area contributed by atoms with Crippen molar-refractivity contribution in [2.45, 2.75) is 6.61 Å². The maximum absolute atomic E-state index is 12.9. The zero-order chi connectivity index (χ0) is 22.0. The zero-order valence-electron chi connectivity index (χ0n) is 15.9. The predicted octanol–water partition coefficient (Wildman–Crippen LogP) is 6.38. The molecule has 1 aliphatic rings. The van der Waals surface area contributed by atoms with Crippen LogP contribution in [0.15, 0.2) is 76.9 Å². The number of amides is 3. The smallest absolute Gasteiger partial charge is 0.333 e. The molecule has 8 heteroatoms. The van der Waals surface area contributed by atoms with Crippen molar-refractivity contribution in [2.24, 2.45) is 0 Å². The van der Waals surface area contributed by atoms with E-state index in [1.165, 1.54) is 0 Å². The van der Waals surface area contributed by atoms with Crippen LogP contribution in [0.1, 0.15) is 11.1 Å². The summed E-state index contributed by atoms with van der Waals surface area (Å²) in [6.45, 7) is 0.379. The van der Waals surface area contributed by atoms with Gasteiger partial charge in [-0.05, 0) is 82.8 Å². The third-order valence-electron chi connectivity index (χ3n) is 4.52. The van der Waals surface area contributed by atoms with Crippen LogP contribution in [-0.2, 0) is 11.4 Å². The van der Waals surface area contributed by atoms with Crippen LogP contribution in [-0.4, -0.2) is 11.9 Å². The molecule has 0 saturated carbocycles. The topological polar surface area (TPSA) is 58.6 Å². The SMILES string of the molecule is O=C1N/C(=C/c2cc(Br)ccc2OCc2ccc(I)cc2)C(=O)N1c1cccc(Cl)c1. The Bertz CT molecular complexity index is 1200. The Labute approximate surface area is 206 Å². The fourth-order valence-electron chi connectivity index (χ4n) is 3.05. The summed E-state index contributed by atoms with van der Waals surface area (Å²) in [5.74, 6) is 0.133. The quantitative estimate of drug-likeness (QED) is 0.208. The molecule has 31 heavy (non-hydrogen) atoms. The summed E-state index contributed by atoms with van der Waals surface area (Å²) < 4.78 is 7.97. The second kappa shape index (κ2) is 9.42. The maximum atomic E-state index is 12.9. The average Bonchev–Trinajstić information content (AvgIpc) is 3.01. The molecule has 1 N–H and O–H groups in total. The summed E-state index contributed by atoms with van der Waals surface area (Å²) >= 11 is 11.7. The van der Waals surface area contributed by atoms with Gasteiger partial charge in [-0.25, -0.2) is 9.69 Å². The molecule has 5 nitrogen and oxygen atoms in total. The summed E-state index contributed by atoms with van der Waals surface area (Å²) in [7, 11) is 0. The van der Waals surface area contributed by atoms with Crippen molar-refractivity contribution in [2.75, 3.05) is 4.90 Å². The Kier molecular flexibility index (Phi) is 6.64. The largest absolute Gasteiger partial charge is 0.488 e. The highest BCUT2D eigenvalue weighted by atomic mass is 127. The van der Waals surface area contributed by atoms with Crippen molar-refractivity contribution in [3.05, 3.63) is 96.6 Å².